The van der Waals surface area contributed by atoms with Crippen LogP contribution in [-0.2, 0) is 0 Å². The van der Waals surface area contributed by atoms with E-state index in [1.165, 1.54) is 18.2 Å². The third-order valence-corrected chi connectivity index (χ3v) is 6.16. The quantitative estimate of drug-likeness (QED) is 0.899. The van der Waals surface area contributed by atoms with Crippen LogP contribution in [-0.4, -0.2) is 23.1 Å². The predicted octanol–water partition coefficient (Wildman–Crippen LogP) is 4.30. The zero-order valence-electron chi connectivity index (χ0n) is 12.8. The topological polar surface area (TPSA) is 21.3 Å². The standard InChI is InChI=1S/C17H24FNOS/c1-3-8-19-15-11-17(7-4-9-21-12(17)2)20-16-6-5-13(18)10-14(15)16/h5-6,10,12,15,19H,3-4,7-9,11H2,1-2H3. The second-order valence-corrected chi connectivity index (χ2v) is 7.63. The zero-order chi connectivity index (χ0) is 14.9. The molecule has 4 heteroatoms. The Morgan fingerprint density at radius 3 is 3.10 bits per heavy atom. The van der Waals surface area contributed by atoms with Crippen LogP contribution < -0.4 is 10.1 Å². The Hall–Kier alpha value is -0.740. The third kappa shape index (κ3) is 2.93. The predicted molar refractivity (Wildman–Crippen MR) is 86.6 cm³/mol. The van der Waals surface area contributed by atoms with Crippen LogP contribution in [0.3, 0.4) is 0 Å². The first-order chi connectivity index (χ1) is 10.1. The van der Waals surface area contributed by atoms with Crippen molar-refractivity contribution in [2.75, 3.05) is 12.3 Å². The molecule has 0 bridgehead atoms. The van der Waals surface area contributed by atoms with Crippen LogP contribution in [0, 0.1) is 5.82 Å². The van der Waals surface area contributed by atoms with Crippen molar-refractivity contribution in [3.05, 3.63) is 29.6 Å². The molecule has 0 radical (unpaired) electrons. The van der Waals surface area contributed by atoms with Crippen molar-refractivity contribution >= 4 is 11.8 Å². The highest BCUT2D eigenvalue weighted by molar-refractivity contribution is 8.00. The molecule has 1 saturated heterocycles. The van der Waals surface area contributed by atoms with Crippen LogP contribution in [0.2, 0.25) is 0 Å². The number of hydrogen-bond donors (Lipinski definition) is 1. The fourth-order valence-electron chi connectivity index (χ4n) is 3.49. The second kappa shape index (κ2) is 6.17. The lowest BCUT2D eigenvalue weighted by Crippen LogP contribution is -2.52. The minimum absolute atomic E-state index is 0.0981. The molecule has 3 atom stereocenters. The molecular weight excluding hydrogens is 285 g/mol. The molecule has 0 amide bonds. The van der Waals surface area contributed by atoms with Gasteiger partial charge in [0.05, 0.1) is 0 Å². The molecule has 1 aromatic rings. The molecular formula is C17H24FNOS. The number of fused-ring (bicyclic) bond motifs is 1. The van der Waals surface area contributed by atoms with Gasteiger partial charge in [0.2, 0.25) is 0 Å². The molecule has 1 spiro atoms. The number of benzene rings is 1. The van der Waals surface area contributed by atoms with Crippen molar-refractivity contribution in [3.63, 3.8) is 0 Å². The van der Waals surface area contributed by atoms with E-state index >= 15 is 0 Å². The summed E-state index contributed by atoms with van der Waals surface area (Å²) in [7, 11) is 0. The molecule has 0 aliphatic carbocycles. The lowest BCUT2D eigenvalue weighted by atomic mass is 9.81. The molecule has 21 heavy (non-hydrogen) atoms. The summed E-state index contributed by atoms with van der Waals surface area (Å²) < 4.78 is 20.0. The lowest BCUT2D eigenvalue weighted by Gasteiger charge is -2.48. The number of nitrogens with one attached hydrogen (secondary N) is 1. The van der Waals surface area contributed by atoms with E-state index in [-0.39, 0.29) is 17.5 Å². The smallest absolute Gasteiger partial charge is 0.125 e. The maximum Gasteiger partial charge on any atom is 0.125 e. The summed E-state index contributed by atoms with van der Waals surface area (Å²) in [4.78, 5) is 0. The Morgan fingerprint density at radius 1 is 1.48 bits per heavy atom. The summed E-state index contributed by atoms with van der Waals surface area (Å²) in [6, 6.07) is 5.15. The summed E-state index contributed by atoms with van der Waals surface area (Å²) in [6.45, 7) is 5.39. The fourth-order valence-corrected chi connectivity index (χ4v) is 4.72. The molecule has 2 aliphatic heterocycles. The summed E-state index contributed by atoms with van der Waals surface area (Å²) in [5.74, 6) is 1.91. The minimum atomic E-state index is -0.178. The molecule has 2 nitrogen and oxygen atoms in total. The summed E-state index contributed by atoms with van der Waals surface area (Å²) in [6.07, 6.45) is 4.32. The Bertz CT molecular complexity index is 510. The van der Waals surface area contributed by atoms with E-state index in [0.717, 1.165) is 37.1 Å². The van der Waals surface area contributed by atoms with Gasteiger partial charge in [0.1, 0.15) is 17.2 Å². The highest BCUT2D eigenvalue weighted by atomic mass is 32.2. The summed E-state index contributed by atoms with van der Waals surface area (Å²) in [5.41, 5.74) is 0.885. The van der Waals surface area contributed by atoms with Gasteiger partial charge in [0, 0.05) is 23.3 Å². The van der Waals surface area contributed by atoms with Crippen LogP contribution in [0.4, 0.5) is 4.39 Å². The van der Waals surface area contributed by atoms with Gasteiger partial charge in [-0.1, -0.05) is 6.92 Å². The average Bonchev–Trinajstić information content (AvgIpc) is 2.49. The Balaban J connectivity index is 1.94. The molecule has 3 rings (SSSR count). The zero-order valence-corrected chi connectivity index (χ0v) is 13.6. The first kappa shape index (κ1) is 15.2. The first-order valence-electron chi connectivity index (χ1n) is 7.98. The number of thioether (sulfide) groups is 1. The van der Waals surface area contributed by atoms with Crippen LogP contribution in [0.15, 0.2) is 18.2 Å². The van der Waals surface area contributed by atoms with E-state index in [1.807, 2.05) is 11.8 Å². The lowest BCUT2D eigenvalue weighted by molar-refractivity contribution is 0.0201. The van der Waals surface area contributed by atoms with E-state index in [4.69, 9.17) is 4.74 Å². The van der Waals surface area contributed by atoms with Gasteiger partial charge in [0.25, 0.3) is 0 Å². The average molecular weight is 309 g/mol. The maximum atomic E-state index is 13.6. The van der Waals surface area contributed by atoms with Crippen LogP contribution >= 0.6 is 11.8 Å². The molecule has 1 fully saturated rings. The number of ether oxygens (including phenoxy) is 1. The van der Waals surface area contributed by atoms with Gasteiger partial charge in [-0.2, -0.15) is 11.8 Å². The molecule has 2 heterocycles. The van der Waals surface area contributed by atoms with E-state index in [1.54, 1.807) is 12.1 Å². The largest absolute Gasteiger partial charge is 0.486 e. The van der Waals surface area contributed by atoms with Crippen LogP contribution in [0.5, 0.6) is 5.75 Å². The van der Waals surface area contributed by atoms with Crippen LogP contribution in [0.1, 0.15) is 51.1 Å². The summed E-state index contributed by atoms with van der Waals surface area (Å²) in [5, 5.41) is 4.07. The van der Waals surface area contributed by atoms with E-state index < -0.39 is 0 Å². The first-order valence-corrected chi connectivity index (χ1v) is 9.03. The van der Waals surface area contributed by atoms with Gasteiger partial charge in [0.15, 0.2) is 0 Å². The molecule has 1 N–H and O–H groups in total. The Labute approximate surface area is 130 Å². The third-order valence-electron chi connectivity index (χ3n) is 4.70. The molecule has 0 aromatic heterocycles. The van der Waals surface area contributed by atoms with Gasteiger partial charge >= 0.3 is 0 Å². The van der Waals surface area contributed by atoms with Crippen molar-refractivity contribution in [2.45, 2.75) is 56.4 Å². The van der Waals surface area contributed by atoms with E-state index in [2.05, 4.69) is 19.2 Å². The van der Waals surface area contributed by atoms with Crippen molar-refractivity contribution in [1.82, 2.24) is 5.32 Å². The van der Waals surface area contributed by atoms with Crippen LogP contribution in [0.25, 0.3) is 0 Å². The van der Waals surface area contributed by atoms with Crippen molar-refractivity contribution in [1.29, 1.82) is 0 Å². The Morgan fingerprint density at radius 2 is 2.33 bits per heavy atom. The highest BCUT2D eigenvalue weighted by Gasteiger charge is 2.46. The van der Waals surface area contributed by atoms with Gasteiger partial charge in [-0.05, 0) is 56.7 Å². The van der Waals surface area contributed by atoms with Gasteiger partial charge in [-0.15, -0.1) is 0 Å². The molecule has 2 aliphatic rings. The van der Waals surface area contributed by atoms with E-state index in [0.29, 0.717) is 5.25 Å². The maximum absolute atomic E-state index is 13.6. The fraction of sp³-hybridized carbons (Fsp3) is 0.647. The van der Waals surface area contributed by atoms with E-state index in [9.17, 15) is 4.39 Å². The SMILES string of the molecule is CCCNC1CC2(CCCSC2C)Oc2ccc(F)cc21. The van der Waals surface area contributed by atoms with Gasteiger partial charge < -0.3 is 10.1 Å². The second-order valence-electron chi connectivity index (χ2n) is 6.18. The highest BCUT2D eigenvalue weighted by Crippen LogP contribution is 2.48. The van der Waals surface area contributed by atoms with Crippen molar-refractivity contribution in [3.8, 4) is 5.75 Å². The molecule has 3 unspecified atom stereocenters. The summed E-state index contributed by atoms with van der Waals surface area (Å²) >= 11 is 2.00. The molecule has 0 saturated carbocycles. The van der Waals surface area contributed by atoms with Crippen molar-refractivity contribution in [2.24, 2.45) is 0 Å². The van der Waals surface area contributed by atoms with Gasteiger partial charge in [-0.3, -0.25) is 0 Å². The normalized spacial score (nSPS) is 31.8. The van der Waals surface area contributed by atoms with Gasteiger partial charge in [-0.25, -0.2) is 4.39 Å². The number of rotatable bonds is 3. The Kier molecular flexibility index (Phi) is 4.46. The molecule has 116 valence electrons. The molecule has 1 aromatic carbocycles. The minimum Gasteiger partial charge on any atom is -0.486 e. The monoisotopic (exact) mass is 309 g/mol. The number of halogens is 1. The number of hydrogen-bond acceptors (Lipinski definition) is 3. The van der Waals surface area contributed by atoms with Crippen molar-refractivity contribution < 1.29 is 9.13 Å².